The number of benzene rings is 2. The Morgan fingerprint density at radius 3 is 2.67 bits per heavy atom. The third-order valence-electron chi connectivity index (χ3n) is 3.09. The van der Waals surface area contributed by atoms with Gasteiger partial charge in [0.1, 0.15) is 5.82 Å². The van der Waals surface area contributed by atoms with Crippen molar-refractivity contribution in [3.8, 4) is 0 Å². The summed E-state index contributed by atoms with van der Waals surface area (Å²) in [7, 11) is 0. The molecule has 0 spiro atoms. The Bertz CT molecular complexity index is 886. The summed E-state index contributed by atoms with van der Waals surface area (Å²) in [5.41, 5.74) is 0.319. The minimum atomic E-state index is -0.464. The molecule has 0 unspecified atom stereocenters. The van der Waals surface area contributed by atoms with E-state index < -0.39 is 4.92 Å². The predicted octanol–water partition coefficient (Wildman–Crippen LogP) is 3.18. The average molecular weight is 281 g/mol. The van der Waals surface area contributed by atoms with Crippen LogP contribution in [0.1, 0.15) is 0 Å². The average Bonchev–Trinajstić information content (AvgIpc) is 2.47. The van der Waals surface area contributed by atoms with E-state index >= 15 is 0 Å². The van der Waals surface area contributed by atoms with Crippen LogP contribution in [0.5, 0.6) is 0 Å². The predicted molar refractivity (Wildman–Crippen MR) is 80.9 cm³/mol. The minimum Gasteiger partial charge on any atom is -0.342 e. The van der Waals surface area contributed by atoms with Gasteiger partial charge < -0.3 is 10.3 Å². The Hall–Kier alpha value is -3.15. The van der Waals surface area contributed by atoms with Gasteiger partial charge in [-0.2, -0.15) is 0 Å². The molecule has 0 amide bonds. The highest BCUT2D eigenvalue weighted by Crippen LogP contribution is 2.21. The van der Waals surface area contributed by atoms with E-state index in [9.17, 15) is 14.9 Å². The van der Waals surface area contributed by atoms with Gasteiger partial charge in [0, 0.05) is 23.2 Å². The molecular weight excluding hydrogens is 270 g/mol. The first-order valence-electron chi connectivity index (χ1n) is 6.27. The fourth-order valence-corrected chi connectivity index (χ4v) is 2.13. The number of hydrogen-bond acceptors (Lipinski definition) is 4. The molecule has 104 valence electrons. The molecule has 0 radical (unpaired) electrons. The van der Waals surface area contributed by atoms with Crippen LogP contribution in [-0.2, 0) is 0 Å². The minimum absolute atomic E-state index is 0.0110. The molecule has 6 nitrogen and oxygen atoms in total. The summed E-state index contributed by atoms with van der Waals surface area (Å²) < 4.78 is 0. The number of non-ortho nitro benzene ring substituents is 1. The van der Waals surface area contributed by atoms with Crippen LogP contribution >= 0.6 is 0 Å². The number of hydrogen-bond donors (Lipinski definition) is 2. The van der Waals surface area contributed by atoms with Gasteiger partial charge in [-0.1, -0.05) is 24.3 Å². The third-order valence-corrected chi connectivity index (χ3v) is 3.09. The van der Waals surface area contributed by atoms with Gasteiger partial charge in [0.15, 0.2) is 0 Å². The van der Waals surface area contributed by atoms with Crippen molar-refractivity contribution >= 4 is 28.0 Å². The first-order chi connectivity index (χ1) is 10.1. The van der Waals surface area contributed by atoms with Gasteiger partial charge in [0.05, 0.1) is 4.92 Å². The maximum absolute atomic E-state index is 12.0. The third kappa shape index (κ3) is 2.59. The normalized spacial score (nSPS) is 10.5. The Morgan fingerprint density at radius 2 is 1.86 bits per heavy atom. The second-order valence-electron chi connectivity index (χ2n) is 4.53. The quantitative estimate of drug-likeness (QED) is 0.570. The molecule has 0 aliphatic rings. The molecule has 6 heteroatoms. The van der Waals surface area contributed by atoms with Crippen LogP contribution in [0.4, 0.5) is 17.2 Å². The standard InChI is InChI=1S/C15H11N3O3/c19-15-13-7-2-1-4-10(13)8-14(17-15)16-11-5-3-6-12(9-11)18(20)21/h1-9H,(H2,16,17,19). The number of aromatic amines is 1. The van der Waals surface area contributed by atoms with Gasteiger partial charge in [-0.25, -0.2) is 0 Å². The molecule has 0 saturated heterocycles. The summed E-state index contributed by atoms with van der Waals surface area (Å²) in [5, 5.41) is 15.1. The van der Waals surface area contributed by atoms with Gasteiger partial charge in [-0.3, -0.25) is 14.9 Å². The number of anilines is 2. The van der Waals surface area contributed by atoms with Crippen molar-refractivity contribution in [1.82, 2.24) is 4.98 Å². The molecule has 2 N–H and O–H groups in total. The highest BCUT2D eigenvalue weighted by molar-refractivity contribution is 5.84. The number of aromatic nitrogens is 1. The van der Waals surface area contributed by atoms with Crippen molar-refractivity contribution in [2.24, 2.45) is 0 Å². The van der Waals surface area contributed by atoms with E-state index in [4.69, 9.17) is 0 Å². The van der Waals surface area contributed by atoms with E-state index in [-0.39, 0.29) is 11.2 Å². The van der Waals surface area contributed by atoms with Crippen molar-refractivity contribution in [2.45, 2.75) is 0 Å². The summed E-state index contributed by atoms with van der Waals surface area (Å²) in [5.74, 6) is 0.485. The van der Waals surface area contributed by atoms with Gasteiger partial charge in [-0.05, 0) is 23.6 Å². The summed E-state index contributed by atoms with van der Waals surface area (Å²) in [6, 6.07) is 15.1. The first-order valence-corrected chi connectivity index (χ1v) is 6.27. The van der Waals surface area contributed by atoms with E-state index in [1.54, 1.807) is 30.3 Å². The van der Waals surface area contributed by atoms with Crippen LogP contribution in [0.3, 0.4) is 0 Å². The van der Waals surface area contributed by atoms with Gasteiger partial charge in [-0.15, -0.1) is 0 Å². The summed E-state index contributed by atoms with van der Waals surface area (Å²) >= 11 is 0. The largest absolute Gasteiger partial charge is 0.342 e. The monoisotopic (exact) mass is 281 g/mol. The number of pyridine rings is 1. The molecule has 2 aromatic carbocycles. The maximum atomic E-state index is 12.0. The number of nitro groups is 1. The highest BCUT2D eigenvalue weighted by Gasteiger charge is 2.07. The molecular formula is C15H11N3O3. The van der Waals surface area contributed by atoms with Crippen LogP contribution < -0.4 is 10.9 Å². The Balaban J connectivity index is 2.00. The van der Waals surface area contributed by atoms with Crippen LogP contribution in [0.15, 0.2) is 59.4 Å². The lowest BCUT2D eigenvalue weighted by Crippen LogP contribution is -2.08. The lowest BCUT2D eigenvalue weighted by Gasteiger charge is -2.07. The molecule has 0 fully saturated rings. The number of rotatable bonds is 3. The molecule has 1 aromatic heterocycles. The Labute approximate surface area is 119 Å². The highest BCUT2D eigenvalue weighted by atomic mass is 16.6. The second kappa shape index (κ2) is 5.09. The molecule has 0 aliphatic carbocycles. The number of fused-ring (bicyclic) bond motifs is 1. The molecule has 3 aromatic rings. The summed E-state index contributed by atoms with van der Waals surface area (Å²) in [4.78, 5) is 25.0. The zero-order chi connectivity index (χ0) is 14.8. The lowest BCUT2D eigenvalue weighted by atomic mass is 10.2. The van der Waals surface area contributed by atoms with Gasteiger partial charge in [0.25, 0.3) is 11.2 Å². The van der Waals surface area contributed by atoms with Crippen LogP contribution in [-0.4, -0.2) is 9.91 Å². The van der Waals surface area contributed by atoms with Crippen LogP contribution in [0, 0.1) is 10.1 Å². The maximum Gasteiger partial charge on any atom is 0.271 e. The molecule has 21 heavy (non-hydrogen) atoms. The SMILES string of the molecule is O=c1[nH]c(Nc2cccc([N+](=O)[O-])c2)cc2ccccc12. The molecule has 1 heterocycles. The van der Waals surface area contributed by atoms with Crippen LogP contribution in [0.2, 0.25) is 0 Å². The van der Waals surface area contributed by atoms with E-state index in [2.05, 4.69) is 10.3 Å². The topological polar surface area (TPSA) is 88.0 Å². The fourth-order valence-electron chi connectivity index (χ4n) is 2.13. The van der Waals surface area contributed by atoms with Crippen LogP contribution in [0.25, 0.3) is 10.8 Å². The molecule has 0 bridgehead atoms. The Kier molecular flexibility index (Phi) is 3.12. The van der Waals surface area contributed by atoms with E-state index in [0.29, 0.717) is 16.9 Å². The Morgan fingerprint density at radius 1 is 1.05 bits per heavy atom. The molecule has 0 atom stereocenters. The molecule has 0 saturated carbocycles. The molecule has 3 rings (SSSR count). The molecule has 0 aliphatic heterocycles. The summed E-state index contributed by atoms with van der Waals surface area (Å²) in [6.45, 7) is 0. The van der Waals surface area contributed by atoms with Gasteiger partial charge >= 0.3 is 0 Å². The second-order valence-corrected chi connectivity index (χ2v) is 4.53. The van der Waals surface area contributed by atoms with E-state index in [1.807, 2.05) is 12.1 Å². The van der Waals surface area contributed by atoms with E-state index in [0.717, 1.165) is 5.39 Å². The zero-order valence-corrected chi connectivity index (χ0v) is 10.9. The summed E-state index contributed by atoms with van der Waals surface area (Å²) in [6.07, 6.45) is 0. The lowest BCUT2D eigenvalue weighted by molar-refractivity contribution is -0.384. The fraction of sp³-hybridized carbons (Fsp3) is 0. The van der Waals surface area contributed by atoms with Crippen molar-refractivity contribution in [2.75, 3.05) is 5.32 Å². The number of H-pyrrole nitrogens is 1. The van der Waals surface area contributed by atoms with Crippen molar-refractivity contribution < 1.29 is 4.92 Å². The van der Waals surface area contributed by atoms with Crippen molar-refractivity contribution in [3.05, 3.63) is 75.1 Å². The number of nitrogens with one attached hydrogen (secondary N) is 2. The van der Waals surface area contributed by atoms with Crippen molar-refractivity contribution in [3.63, 3.8) is 0 Å². The zero-order valence-electron chi connectivity index (χ0n) is 10.9. The smallest absolute Gasteiger partial charge is 0.271 e. The van der Waals surface area contributed by atoms with Gasteiger partial charge in [0.2, 0.25) is 0 Å². The number of nitro benzene ring substituents is 1. The van der Waals surface area contributed by atoms with E-state index in [1.165, 1.54) is 12.1 Å². The number of nitrogens with zero attached hydrogens (tertiary/aromatic N) is 1. The first kappa shape index (κ1) is 12.9. The van der Waals surface area contributed by atoms with Crippen molar-refractivity contribution in [1.29, 1.82) is 0 Å².